The Balaban J connectivity index is 2.17. The first-order valence-corrected chi connectivity index (χ1v) is 7.56. The largest absolute Gasteiger partial charge is 0.490 e. The number of ether oxygens (including phenoxy) is 2. The molecule has 2 aromatic rings. The summed E-state index contributed by atoms with van der Waals surface area (Å²) in [5, 5.41) is 0. The lowest BCUT2D eigenvalue weighted by Crippen LogP contribution is -2.12. The Kier molecular flexibility index (Phi) is 5.45. The molecule has 114 valence electrons. The van der Waals surface area contributed by atoms with Gasteiger partial charge in [0.2, 0.25) is 0 Å². The molecule has 0 spiro atoms. The van der Waals surface area contributed by atoms with Crippen molar-refractivity contribution < 1.29 is 13.9 Å². The number of methoxy groups -OCH3 is 1. The Morgan fingerprint density at radius 3 is 2.57 bits per heavy atom. The number of rotatable bonds is 6. The van der Waals surface area contributed by atoms with E-state index in [0.29, 0.717) is 13.2 Å². The van der Waals surface area contributed by atoms with E-state index >= 15 is 0 Å². The van der Waals surface area contributed by atoms with Crippen LogP contribution in [0.4, 0.5) is 0 Å². The molecule has 5 heteroatoms. The summed E-state index contributed by atoms with van der Waals surface area (Å²) in [6.07, 6.45) is 0. The number of hydrogen-bond donors (Lipinski definition) is 1. The van der Waals surface area contributed by atoms with Gasteiger partial charge in [-0.05, 0) is 53.5 Å². The minimum Gasteiger partial charge on any atom is -0.490 e. The molecule has 0 amide bonds. The van der Waals surface area contributed by atoms with Gasteiger partial charge in [0.15, 0.2) is 0 Å². The van der Waals surface area contributed by atoms with E-state index in [0.717, 1.165) is 32.9 Å². The number of benzene rings is 1. The highest BCUT2D eigenvalue weighted by atomic mass is 79.9. The second kappa shape index (κ2) is 7.11. The third-order valence-electron chi connectivity index (χ3n) is 3.27. The Hall–Kier alpha value is -1.30. The maximum absolute atomic E-state index is 6.33. The average Bonchev–Trinajstić information content (AvgIpc) is 2.79. The van der Waals surface area contributed by atoms with Gasteiger partial charge in [-0.1, -0.05) is 6.07 Å². The van der Waals surface area contributed by atoms with E-state index in [2.05, 4.69) is 15.9 Å². The first-order chi connectivity index (χ1) is 10.0. The van der Waals surface area contributed by atoms with Crippen LogP contribution in [0.5, 0.6) is 5.75 Å². The molecule has 1 atom stereocenters. The molecule has 0 aliphatic carbocycles. The quantitative estimate of drug-likeness (QED) is 0.803. The third-order valence-corrected chi connectivity index (χ3v) is 3.89. The van der Waals surface area contributed by atoms with Crippen molar-refractivity contribution in [1.82, 2.24) is 0 Å². The number of furan rings is 1. The predicted molar refractivity (Wildman–Crippen MR) is 85.7 cm³/mol. The number of aryl methyl sites for hydroxylation is 2. The van der Waals surface area contributed by atoms with Gasteiger partial charge in [0.25, 0.3) is 0 Å². The molecule has 0 fully saturated rings. The van der Waals surface area contributed by atoms with Crippen molar-refractivity contribution >= 4 is 15.9 Å². The zero-order valence-electron chi connectivity index (χ0n) is 12.5. The predicted octanol–water partition coefficient (Wildman–Crippen LogP) is 3.73. The fraction of sp³-hybridized carbons (Fsp3) is 0.375. The van der Waals surface area contributed by atoms with E-state index in [1.807, 2.05) is 38.1 Å². The summed E-state index contributed by atoms with van der Waals surface area (Å²) < 4.78 is 17.0. The normalized spacial score (nSPS) is 12.4. The van der Waals surface area contributed by atoms with Gasteiger partial charge in [-0.15, -0.1) is 0 Å². The minimum absolute atomic E-state index is 0.216. The summed E-state index contributed by atoms with van der Waals surface area (Å²) >= 11 is 3.52. The number of nitrogens with two attached hydrogens (primary N) is 1. The van der Waals surface area contributed by atoms with Gasteiger partial charge in [-0.2, -0.15) is 0 Å². The zero-order chi connectivity index (χ0) is 15.4. The number of hydrogen-bond acceptors (Lipinski definition) is 4. The van der Waals surface area contributed by atoms with Crippen LogP contribution in [0.15, 0.2) is 33.2 Å². The van der Waals surface area contributed by atoms with Crippen molar-refractivity contribution in [3.05, 3.63) is 51.4 Å². The standard InChI is InChI=1S/C16H20BrNO3/c1-10-8-13(11(2)21-10)16(18)12-4-5-15(14(17)9-12)20-7-6-19-3/h4-5,8-9,16H,6-7,18H2,1-3H3. The van der Waals surface area contributed by atoms with Crippen LogP contribution in [-0.4, -0.2) is 20.3 Å². The van der Waals surface area contributed by atoms with Gasteiger partial charge in [0.05, 0.1) is 17.1 Å². The van der Waals surface area contributed by atoms with Gasteiger partial charge < -0.3 is 19.6 Å². The molecule has 1 unspecified atom stereocenters. The first-order valence-electron chi connectivity index (χ1n) is 6.76. The summed E-state index contributed by atoms with van der Waals surface area (Å²) in [5.41, 5.74) is 8.34. The molecular formula is C16H20BrNO3. The molecule has 0 aliphatic rings. The lowest BCUT2D eigenvalue weighted by atomic mass is 10.00. The Morgan fingerprint density at radius 1 is 1.24 bits per heavy atom. The Labute approximate surface area is 133 Å². The van der Waals surface area contributed by atoms with E-state index in [-0.39, 0.29) is 6.04 Å². The monoisotopic (exact) mass is 353 g/mol. The maximum atomic E-state index is 6.33. The van der Waals surface area contributed by atoms with Gasteiger partial charge >= 0.3 is 0 Å². The SMILES string of the molecule is COCCOc1ccc(C(N)c2cc(C)oc2C)cc1Br. The van der Waals surface area contributed by atoms with Gasteiger partial charge in [-0.25, -0.2) is 0 Å². The van der Waals surface area contributed by atoms with Crippen molar-refractivity contribution in [3.63, 3.8) is 0 Å². The van der Waals surface area contributed by atoms with Crippen LogP contribution in [-0.2, 0) is 4.74 Å². The second-order valence-corrected chi connectivity index (χ2v) is 5.73. The van der Waals surface area contributed by atoms with Crippen LogP contribution in [0, 0.1) is 13.8 Å². The smallest absolute Gasteiger partial charge is 0.133 e. The fourth-order valence-corrected chi connectivity index (χ4v) is 2.71. The van der Waals surface area contributed by atoms with Crippen LogP contribution >= 0.6 is 15.9 Å². The summed E-state index contributed by atoms with van der Waals surface area (Å²) in [7, 11) is 1.65. The van der Waals surface area contributed by atoms with Crippen molar-refractivity contribution in [3.8, 4) is 5.75 Å². The van der Waals surface area contributed by atoms with Crippen LogP contribution < -0.4 is 10.5 Å². The lowest BCUT2D eigenvalue weighted by Gasteiger charge is -2.14. The molecular weight excluding hydrogens is 334 g/mol. The van der Waals surface area contributed by atoms with Crippen molar-refractivity contribution in [2.75, 3.05) is 20.3 Å². The molecule has 2 rings (SSSR count). The average molecular weight is 354 g/mol. The summed E-state index contributed by atoms with van der Waals surface area (Å²) in [4.78, 5) is 0. The van der Waals surface area contributed by atoms with Gasteiger partial charge in [-0.3, -0.25) is 0 Å². The molecule has 1 heterocycles. The van der Waals surface area contributed by atoms with Gasteiger partial charge in [0, 0.05) is 12.7 Å². The highest BCUT2D eigenvalue weighted by Gasteiger charge is 2.16. The van der Waals surface area contributed by atoms with Crippen molar-refractivity contribution in [2.45, 2.75) is 19.9 Å². The first kappa shape index (κ1) is 16.1. The number of halogens is 1. The van der Waals surface area contributed by atoms with E-state index < -0.39 is 0 Å². The van der Waals surface area contributed by atoms with E-state index in [4.69, 9.17) is 19.6 Å². The highest BCUT2D eigenvalue weighted by molar-refractivity contribution is 9.10. The molecule has 0 saturated heterocycles. The molecule has 2 N–H and O–H groups in total. The highest BCUT2D eigenvalue weighted by Crippen LogP contribution is 2.31. The summed E-state index contributed by atoms with van der Waals surface area (Å²) in [6.45, 7) is 4.92. The summed E-state index contributed by atoms with van der Waals surface area (Å²) in [6, 6.07) is 7.63. The molecule has 1 aromatic heterocycles. The lowest BCUT2D eigenvalue weighted by molar-refractivity contribution is 0.146. The molecule has 0 radical (unpaired) electrons. The van der Waals surface area contributed by atoms with Crippen molar-refractivity contribution in [1.29, 1.82) is 0 Å². The van der Waals surface area contributed by atoms with E-state index in [1.165, 1.54) is 0 Å². The summed E-state index contributed by atoms with van der Waals surface area (Å²) in [5.74, 6) is 2.51. The molecule has 4 nitrogen and oxygen atoms in total. The minimum atomic E-state index is -0.216. The third kappa shape index (κ3) is 3.87. The second-order valence-electron chi connectivity index (χ2n) is 4.88. The fourth-order valence-electron chi connectivity index (χ4n) is 2.20. The zero-order valence-corrected chi connectivity index (χ0v) is 14.1. The molecule has 0 saturated carbocycles. The molecule has 0 aliphatic heterocycles. The van der Waals surface area contributed by atoms with Crippen LogP contribution in [0.25, 0.3) is 0 Å². The Morgan fingerprint density at radius 2 is 2.00 bits per heavy atom. The topological polar surface area (TPSA) is 57.6 Å². The van der Waals surface area contributed by atoms with Gasteiger partial charge in [0.1, 0.15) is 23.9 Å². The Bertz CT molecular complexity index is 610. The van der Waals surface area contributed by atoms with Crippen LogP contribution in [0.3, 0.4) is 0 Å². The van der Waals surface area contributed by atoms with Crippen molar-refractivity contribution in [2.24, 2.45) is 5.73 Å². The van der Waals surface area contributed by atoms with E-state index in [9.17, 15) is 0 Å². The molecule has 1 aromatic carbocycles. The van der Waals surface area contributed by atoms with Crippen LogP contribution in [0.1, 0.15) is 28.7 Å². The van der Waals surface area contributed by atoms with Crippen LogP contribution in [0.2, 0.25) is 0 Å². The van der Waals surface area contributed by atoms with E-state index in [1.54, 1.807) is 7.11 Å². The molecule has 0 bridgehead atoms. The molecule has 21 heavy (non-hydrogen) atoms. The maximum Gasteiger partial charge on any atom is 0.133 e.